The van der Waals surface area contributed by atoms with Crippen molar-refractivity contribution >= 4 is 11.8 Å². The van der Waals surface area contributed by atoms with Crippen LogP contribution in [0.3, 0.4) is 0 Å². The van der Waals surface area contributed by atoms with Crippen molar-refractivity contribution in [2.45, 2.75) is 58.2 Å². The second kappa shape index (κ2) is 9.57. The van der Waals surface area contributed by atoms with Crippen molar-refractivity contribution in [3.05, 3.63) is 29.8 Å². The minimum absolute atomic E-state index is 0.0209. The van der Waals surface area contributed by atoms with Crippen molar-refractivity contribution in [3.63, 3.8) is 0 Å². The van der Waals surface area contributed by atoms with E-state index in [2.05, 4.69) is 24.5 Å². The summed E-state index contributed by atoms with van der Waals surface area (Å²) in [5.74, 6) is 0.495. The zero-order valence-corrected chi connectivity index (χ0v) is 16.2. The van der Waals surface area contributed by atoms with E-state index >= 15 is 0 Å². The number of likely N-dealkylation sites (tertiary alicyclic amines) is 1. The molecule has 1 heterocycles. The van der Waals surface area contributed by atoms with E-state index in [1.165, 1.54) is 6.42 Å². The molecule has 144 valence electrons. The molecule has 1 fully saturated rings. The first-order valence-corrected chi connectivity index (χ1v) is 9.41. The van der Waals surface area contributed by atoms with E-state index in [0.717, 1.165) is 12.8 Å². The third kappa shape index (κ3) is 5.46. The summed E-state index contributed by atoms with van der Waals surface area (Å²) in [5.41, 5.74) is 0.574. The molecule has 1 aromatic rings. The maximum absolute atomic E-state index is 12.5. The van der Waals surface area contributed by atoms with Crippen molar-refractivity contribution < 1.29 is 14.3 Å². The highest BCUT2D eigenvalue weighted by Gasteiger charge is 2.28. The van der Waals surface area contributed by atoms with E-state index in [0.29, 0.717) is 17.9 Å². The van der Waals surface area contributed by atoms with Crippen molar-refractivity contribution in [1.82, 2.24) is 15.5 Å². The minimum atomic E-state index is -0.120. The molecule has 0 bridgehead atoms. The minimum Gasteiger partial charge on any atom is -0.484 e. The lowest BCUT2D eigenvalue weighted by Gasteiger charge is -2.38. The van der Waals surface area contributed by atoms with Crippen LogP contribution < -0.4 is 15.4 Å². The lowest BCUT2D eigenvalue weighted by atomic mass is 9.97. The topological polar surface area (TPSA) is 70.7 Å². The molecule has 2 N–H and O–H groups in total. The molecule has 3 unspecified atom stereocenters. The van der Waals surface area contributed by atoms with Gasteiger partial charge in [0.1, 0.15) is 5.75 Å². The second-order valence-electron chi connectivity index (χ2n) is 7.14. The summed E-state index contributed by atoms with van der Waals surface area (Å²) in [6.45, 7) is 6.78. The first-order chi connectivity index (χ1) is 12.4. The van der Waals surface area contributed by atoms with Gasteiger partial charge in [0.05, 0.1) is 0 Å². The van der Waals surface area contributed by atoms with Crippen LogP contribution in [0.4, 0.5) is 0 Å². The second-order valence-corrected chi connectivity index (χ2v) is 7.14. The third-order valence-corrected chi connectivity index (χ3v) is 5.02. The van der Waals surface area contributed by atoms with Gasteiger partial charge in [-0.05, 0) is 71.3 Å². The Hall–Kier alpha value is -2.08. The van der Waals surface area contributed by atoms with Gasteiger partial charge in [0.2, 0.25) is 0 Å². The molecule has 2 amide bonds. The number of likely N-dealkylation sites (N-methyl/N-ethyl adjacent to an activating group) is 1. The largest absolute Gasteiger partial charge is 0.484 e. The highest BCUT2D eigenvalue weighted by molar-refractivity contribution is 5.94. The third-order valence-electron chi connectivity index (χ3n) is 5.02. The zero-order chi connectivity index (χ0) is 19.1. The molecule has 1 aliphatic rings. The zero-order valence-electron chi connectivity index (χ0n) is 16.2. The Bertz CT molecular complexity index is 593. The van der Waals surface area contributed by atoms with Crippen LogP contribution in [-0.2, 0) is 4.79 Å². The number of ether oxygens (including phenoxy) is 1. The molecule has 0 saturated carbocycles. The summed E-state index contributed by atoms with van der Waals surface area (Å²) >= 11 is 0. The van der Waals surface area contributed by atoms with Crippen molar-refractivity contribution in [2.24, 2.45) is 0 Å². The highest BCUT2D eigenvalue weighted by Crippen LogP contribution is 2.22. The van der Waals surface area contributed by atoms with Gasteiger partial charge >= 0.3 is 0 Å². The lowest BCUT2D eigenvalue weighted by Crippen LogP contribution is -2.49. The van der Waals surface area contributed by atoms with Crippen LogP contribution in [0, 0.1) is 0 Å². The van der Waals surface area contributed by atoms with Gasteiger partial charge in [0, 0.05) is 30.2 Å². The summed E-state index contributed by atoms with van der Waals surface area (Å²) in [6.07, 6.45) is 3.27. The summed E-state index contributed by atoms with van der Waals surface area (Å²) in [6, 6.07) is 7.63. The lowest BCUT2D eigenvalue weighted by molar-refractivity contribution is -0.139. The van der Waals surface area contributed by atoms with Crippen molar-refractivity contribution in [1.29, 1.82) is 0 Å². The molecule has 3 atom stereocenters. The standard InChI is InChI=1S/C20H31N3O3/c1-14(21-4)12-22-20(25)17-8-10-18(11-9-17)26-13-19(24)23-15(2)6-5-7-16(23)3/h8-11,14-16,21H,5-7,12-13H2,1-4H3,(H,22,25). The average molecular weight is 361 g/mol. The summed E-state index contributed by atoms with van der Waals surface area (Å²) in [5, 5.41) is 5.94. The molecular weight excluding hydrogens is 330 g/mol. The number of nitrogens with one attached hydrogen (secondary N) is 2. The smallest absolute Gasteiger partial charge is 0.260 e. The molecule has 0 aromatic heterocycles. The van der Waals surface area contributed by atoms with Gasteiger partial charge in [-0.1, -0.05) is 0 Å². The molecule has 1 aliphatic heterocycles. The maximum Gasteiger partial charge on any atom is 0.260 e. The fraction of sp³-hybridized carbons (Fsp3) is 0.600. The molecular formula is C20H31N3O3. The predicted octanol–water partition coefficient (Wildman–Crippen LogP) is 2.19. The van der Waals surface area contributed by atoms with Crippen molar-refractivity contribution in [2.75, 3.05) is 20.2 Å². The number of benzene rings is 1. The maximum atomic E-state index is 12.5. The molecule has 1 saturated heterocycles. The summed E-state index contributed by atoms with van der Waals surface area (Å²) < 4.78 is 5.64. The highest BCUT2D eigenvalue weighted by atomic mass is 16.5. The molecule has 26 heavy (non-hydrogen) atoms. The summed E-state index contributed by atoms with van der Waals surface area (Å²) in [7, 11) is 1.86. The molecule has 2 rings (SSSR count). The van der Waals surface area contributed by atoms with E-state index in [4.69, 9.17) is 4.74 Å². The van der Waals surface area contributed by atoms with E-state index in [-0.39, 0.29) is 36.5 Å². The number of piperidine rings is 1. The SMILES string of the molecule is CNC(C)CNC(=O)c1ccc(OCC(=O)N2C(C)CCCC2C)cc1. The number of rotatable bonds is 7. The molecule has 6 nitrogen and oxygen atoms in total. The molecule has 6 heteroatoms. The van der Waals surface area contributed by atoms with Gasteiger partial charge in [-0.3, -0.25) is 9.59 Å². The fourth-order valence-corrected chi connectivity index (χ4v) is 3.28. The Morgan fingerprint density at radius 3 is 2.38 bits per heavy atom. The molecule has 0 aliphatic carbocycles. The van der Waals surface area contributed by atoms with Crippen LogP contribution in [0.15, 0.2) is 24.3 Å². The van der Waals surface area contributed by atoms with Crippen LogP contribution in [0.5, 0.6) is 5.75 Å². The first-order valence-electron chi connectivity index (χ1n) is 9.41. The van der Waals surface area contributed by atoms with Crippen LogP contribution >= 0.6 is 0 Å². The number of amides is 2. The first kappa shape index (κ1) is 20.2. The van der Waals surface area contributed by atoms with Crippen molar-refractivity contribution in [3.8, 4) is 5.75 Å². The van der Waals surface area contributed by atoms with Gasteiger partial charge in [-0.15, -0.1) is 0 Å². The Morgan fingerprint density at radius 1 is 1.19 bits per heavy atom. The van der Waals surface area contributed by atoms with E-state index in [9.17, 15) is 9.59 Å². The van der Waals surface area contributed by atoms with Gasteiger partial charge in [-0.25, -0.2) is 0 Å². The van der Waals surface area contributed by atoms with Gasteiger partial charge in [0.15, 0.2) is 6.61 Å². The number of hydrogen-bond donors (Lipinski definition) is 2. The molecule has 1 aromatic carbocycles. The summed E-state index contributed by atoms with van der Waals surface area (Å²) in [4.78, 5) is 26.5. The quantitative estimate of drug-likeness (QED) is 0.781. The Balaban J connectivity index is 1.85. The average Bonchev–Trinajstić information content (AvgIpc) is 2.64. The van der Waals surface area contributed by atoms with Crippen LogP contribution in [-0.4, -0.2) is 55.0 Å². The van der Waals surface area contributed by atoms with Crippen LogP contribution in [0.2, 0.25) is 0 Å². The number of carbonyl (C=O) groups excluding carboxylic acids is 2. The molecule has 0 spiro atoms. The van der Waals surface area contributed by atoms with Gasteiger partial charge in [-0.2, -0.15) is 0 Å². The number of hydrogen-bond acceptors (Lipinski definition) is 4. The monoisotopic (exact) mass is 361 g/mol. The number of carbonyl (C=O) groups is 2. The number of nitrogens with zero attached hydrogens (tertiary/aromatic N) is 1. The predicted molar refractivity (Wildman–Crippen MR) is 102 cm³/mol. The Labute approximate surface area is 156 Å². The Morgan fingerprint density at radius 2 is 1.81 bits per heavy atom. The van der Waals surface area contributed by atoms with E-state index in [1.807, 2.05) is 18.9 Å². The van der Waals surface area contributed by atoms with E-state index in [1.54, 1.807) is 24.3 Å². The van der Waals surface area contributed by atoms with Crippen LogP contribution in [0.1, 0.15) is 50.4 Å². The fourth-order valence-electron chi connectivity index (χ4n) is 3.28. The molecule has 0 radical (unpaired) electrons. The normalized spacial score (nSPS) is 21.2. The van der Waals surface area contributed by atoms with E-state index < -0.39 is 0 Å². The van der Waals surface area contributed by atoms with Gasteiger partial charge in [0.25, 0.3) is 11.8 Å². The Kier molecular flexibility index (Phi) is 7.45. The van der Waals surface area contributed by atoms with Gasteiger partial charge < -0.3 is 20.3 Å². The van der Waals surface area contributed by atoms with Crippen LogP contribution in [0.25, 0.3) is 0 Å².